The SMILES string of the molecule is Cc1cccc2[nH]c(C(=O)N3CCC[C@@H]4N(C)CCC[C@@]43C)cc12. The summed E-state index contributed by atoms with van der Waals surface area (Å²) in [5.74, 6) is 0.160. The van der Waals surface area contributed by atoms with Crippen LogP contribution in [0.3, 0.4) is 0 Å². The number of piperidine rings is 2. The lowest BCUT2D eigenvalue weighted by atomic mass is 9.76. The number of hydrogen-bond acceptors (Lipinski definition) is 2. The van der Waals surface area contributed by atoms with Crippen LogP contribution in [0.2, 0.25) is 0 Å². The van der Waals surface area contributed by atoms with Gasteiger partial charge in [-0.05, 0) is 70.8 Å². The normalized spacial score (nSPS) is 28.1. The number of benzene rings is 1. The number of aromatic nitrogens is 1. The lowest BCUT2D eigenvalue weighted by Crippen LogP contribution is -2.66. The fourth-order valence-corrected chi connectivity index (χ4v) is 4.93. The molecule has 2 fully saturated rings. The van der Waals surface area contributed by atoms with Crippen LogP contribution in [0.15, 0.2) is 24.3 Å². The predicted molar refractivity (Wildman–Crippen MR) is 97.4 cm³/mol. The number of carbonyl (C=O) groups is 1. The Bertz CT molecular complexity index is 780. The zero-order chi connectivity index (χ0) is 16.9. The van der Waals surface area contributed by atoms with Crippen LogP contribution in [0.5, 0.6) is 0 Å². The minimum Gasteiger partial charge on any atom is -0.351 e. The Balaban J connectivity index is 1.70. The van der Waals surface area contributed by atoms with E-state index in [1.807, 2.05) is 18.2 Å². The second-order valence-corrected chi connectivity index (χ2v) is 7.78. The highest BCUT2D eigenvalue weighted by molar-refractivity contribution is 5.99. The fourth-order valence-electron chi connectivity index (χ4n) is 4.93. The third-order valence-electron chi connectivity index (χ3n) is 6.28. The van der Waals surface area contributed by atoms with Crippen LogP contribution in [0.1, 0.15) is 48.7 Å². The molecule has 4 rings (SSSR count). The molecule has 0 radical (unpaired) electrons. The number of amides is 1. The van der Waals surface area contributed by atoms with Crippen LogP contribution in [0.4, 0.5) is 0 Å². The Morgan fingerprint density at radius 2 is 2.12 bits per heavy atom. The molecule has 2 saturated heterocycles. The van der Waals surface area contributed by atoms with Gasteiger partial charge in [-0.2, -0.15) is 0 Å². The van der Waals surface area contributed by atoms with Crippen molar-refractivity contribution in [1.29, 1.82) is 0 Å². The Morgan fingerprint density at radius 3 is 2.92 bits per heavy atom. The summed E-state index contributed by atoms with van der Waals surface area (Å²) in [4.78, 5) is 21.3. The Kier molecular flexibility index (Phi) is 3.68. The molecule has 1 aromatic heterocycles. The van der Waals surface area contributed by atoms with Crippen LogP contribution in [0, 0.1) is 6.92 Å². The van der Waals surface area contributed by atoms with Crippen LogP contribution in [-0.2, 0) is 0 Å². The molecular formula is C20H27N3O. The molecule has 1 amide bonds. The van der Waals surface area contributed by atoms with Gasteiger partial charge in [-0.3, -0.25) is 4.79 Å². The van der Waals surface area contributed by atoms with E-state index in [1.54, 1.807) is 0 Å². The first-order chi connectivity index (χ1) is 11.5. The summed E-state index contributed by atoms with van der Waals surface area (Å²) in [7, 11) is 2.21. The molecule has 128 valence electrons. The molecule has 0 saturated carbocycles. The third kappa shape index (κ3) is 2.27. The van der Waals surface area contributed by atoms with E-state index in [4.69, 9.17) is 0 Å². The second kappa shape index (κ2) is 5.62. The molecule has 4 heteroatoms. The van der Waals surface area contributed by atoms with Crippen molar-refractivity contribution in [3.8, 4) is 0 Å². The van der Waals surface area contributed by atoms with Gasteiger partial charge in [-0.15, -0.1) is 0 Å². The topological polar surface area (TPSA) is 39.3 Å². The fraction of sp³-hybridized carbons (Fsp3) is 0.550. The quantitative estimate of drug-likeness (QED) is 0.871. The molecule has 0 bridgehead atoms. The van der Waals surface area contributed by atoms with Gasteiger partial charge < -0.3 is 14.8 Å². The molecule has 24 heavy (non-hydrogen) atoms. The Morgan fingerprint density at radius 1 is 1.29 bits per heavy atom. The number of aromatic amines is 1. The standard InChI is InChI=1S/C20H27N3O/c1-14-7-4-8-16-15(14)13-17(21-16)19(24)23-12-5-9-18-20(23,2)10-6-11-22(18)3/h4,7-8,13,18,21H,5-6,9-12H2,1-3H3/t18-,20-/m0/s1. The molecule has 3 heterocycles. The lowest BCUT2D eigenvalue weighted by Gasteiger charge is -2.55. The molecule has 4 nitrogen and oxygen atoms in total. The Labute approximate surface area is 143 Å². The molecule has 2 aliphatic rings. The smallest absolute Gasteiger partial charge is 0.270 e. The highest BCUT2D eigenvalue weighted by Crippen LogP contribution is 2.39. The van der Waals surface area contributed by atoms with Crippen molar-refractivity contribution in [2.45, 2.75) is 51.1 Å². The van der Waals surface area contributed by atoms with E-state index in [0.29, 0.717) is 6.04 Å². The van der Waals surface area contributed by atoms with Crippen molar-refractivity contribution in [2.75, 3.05) is 20.1 Å². The van der Waals surface area contributed by atoms with Gasteiger partial charge in [0.15, 0.2) is 0 Å². The monoisotopic (exact) mass is 325 g/mol. The van der Waals surface area contributed by atoms with Gasteiger partial charge in [0.25, 0.3) is 5.91 Å². The number of likely N-dealkylation sites (N-methyl/N-ethyl adjacent to an activating group) is 1. The van der Waals surface area contributed by atoms with Crippen molar-refractivity contribution < 1.29 is 4.79 Å². The minimum absolute atomic E-state index is 0.0470. The maximum Gasteiger partial charge on any atom is 0.270 e. The molecule has 0 unspecified atom stereocenters. The third-order valence-corrected chi connectivity index (χ3v) is 6.28. The molecule has 0 aliphatic carbocycles. The number of rotatable bonds is 1. The molecule has 1 aromatic carbocycles. The average Bonchev–Trinajstić information content (AvgIpc) is 2.99. The van der Waals surface area contributed by atoms with Crippen molar-refractivity contribution in [1.82, 2.24) is 14.8 Å². The van der Waals surface area contributed by atoms with E-state index in [2.05, 4.69) is 41.7 Å². The number of carbonyl (C=O) groups excluding carboxylic acids is 1. The zero-order valence-electron chi connectivity index (χ0n) is 14.9. The molecular weight excluding hydrogens is 298 g/mol. The number of hydrogen-bond donors (Lipinski definition) is 1. The van der Waals surface area contributed by atoms with Crippen LogP contribution in [0.25, 0.3) is 10.9 Å². The minimum atomic E-state index is -0.0470. The summed E-state index contributed by atoms with van der Waals surface area (Å²) in [5, 5.41) is 1.15. The van der Waals surface area contributed by atoms with Gasteiger partial charge in [-0.25, -0.2) is 0 Å². The van der Waals surface area contributed by atoms with Crippen molar-refractivity contribution in [3.63, 3.8) is 0 Å². The second-order valence-electron chi connectivity index (χ2n) is 7.78. The number of fused-ring (bicyclic) bond motifs is 2. The van der Waals surface area contributed by atoms with Crippen molar-refractivity contribution >= 4 is 16.8 Å². The van der Waals surface area contributed by atoms with Crippen molar-refractivity contribution in [3.05, 3.63) is 35.5 Å². The van der Waals surface area contributed by atoms with Gasteiger partial charge in [0.05, 0.1) is 5.54 Å². The van der Waals surface area contributed by atoms with E-state index < -0.39 is 0 Å². The summed E-state index contributed by atoms with van der Waals surface area (Å²) in [5.41, 5.74) is 2.95. The summed E-state index contributed by atoms with van der Waals surface area (Å²) < 4.78 is 0. The predicted octanol–water partition coefficient (Wildman–Crippen LogP) is 3.57. The van der Waals surface area contributed by atoms with Crippen LogP contribution < -0.4 is 0 Å². The molecule has 2 aliphatic heterocycles. The summed E-state index contributed by atoms with van der Waals surface area (Å²) in [6.07, 6.45) is 4.56. The number of nitrogens with one attached hydrogen (secondary N) is 1. The van der Waals surface area contributed by atoms with Gasteiger partial charge in [-0.1, -0.05) is 12.1 Å². The lowest BCUT2D eigenvalue weighted by molar-refractivity contribution is -0.0348. The van der Waals surface area contributed by atoms with Gasteiger partial charge in [0.2, 0.25) is 0 Å². The average molecular weight is 325 g/mol. The Hall–Kier alpha value is -1.81. The van der Waals surface area contributed by atoms with E-state index in [1.165, 1.54) is 18.4 Å². The summed E-state index contributed by atoms with van der Waals surface area (Å²) in [6.45, 7) is 6.40. The van der Waals surface area contributed by atoms with Crippen LogP contribution >= 0.6 is 0 Å². The maximum atomic E-state index is 13.3. The van der Waals surface area contributed by atoms with E-state index in [-0.39, 0.29) is 11.4 Å². The highest BCUT2D eigenvalue weighted by atomic mass is 16.2. The van der Waals surface area contributed by atoms with E-state index in [9.17, 15) is 4.79 Å². The zero-order valence-corrected chi connectivity index (χ0v) is 14.9. The van der Waals surface area contributed by atoms with Gasteiger partial charge in [0.1, 0.15) is 5.69 Å². The summed E-state index contributed by atoms with van der Waals surface area (Å²) >= 11 is 0. The van der Waals surface area contributed by atoms with Gasteiger partial charge in [0, 0.05) is 23.5 Å². The number of likely N-dealkylation sites (tertiary alicyclic amines) is 2. The first-order valence-electron chi connectivity index (χ1n) is 9.11. The molecule has 2 atom stereocenters. The first kappa shape index (κ1) is 15.7. The van der Waals surface area contributed by atoms with Crippen LogP contribution in [-0.4, -0.2) is 52.4 Å². The molecule has 2 aromatic rings. The van der Waals surface area contributed by atoms with Crippen molar-refractivity contribution in [2.24, 2.45) is 0 Å². The van der Waals surface area contributed by atoms with E-state index >= 15 is 0 Å². The number of aryl methyl sites for hydroxylation is 1. The maximum absolute atomic E-state index is 13.3. The van der Waals surface area contributed by atoms with E-state index in [0.717, 1.165) is 42.5 Å². The summed E-state index contributed by atoms with van der Waals surface area (Å²) in [6, 6.07) is 8.70. The number of nitrogens with zero attached hydrogens (tertiary/aromatic N) is 2. The molecule has 0 spiro atoms. The van der Waals surface area contributed by atoms with Gasteiger partial charge >= 0.3 is 0 Å². The highest BCUT2D eigenvalue weighted by Gasteiger charge is 2.48. The largest absolute Gasteiger partial charge is 0.351 e. The first-order valence-corrected chi connectivity index (χ1v) is 9.11. The molecule has 1 N–H and O–H groups in total. The number of H-pyrrole nitrogens is 1.